The first-order valence-electron chi connectivity index (χ1n) is 5.66. The van der Waals surface area contributed by atoms with Crippen LogP contribution >= 0.6 is 22.9 Å². The summed E-state index contributed by atoms with van der Waals surface area (Å²) in [6, 6.07) is 12.3. The maximum absolute atomic E-state index is 10.2. The largest absolute Gasteiger partial charge is 0.481 e. The van der Waals surface area contributed by atoms with Gasteiger partial charge < -0.3 is 5.11 Å². The van der Waals surface area contributed by atoms with Crippen molar-refractivity contribution >= 4 is 28.9 Å². The molecule has 0 fully saturated rings. The number of benzene rings is 1. The number of halogens is 1. The van der Waals surface area contributed by atoms with Crippen molar-refractivity contribution in [1.82, 2.24) is 0 Å². The lowest BCUT2D eigenvalue weighted by Crippen LogP contribution is -1.96. The van der Waals surface area contributed by atoms with Crippen LogP contribution in [-0.2, 0) is 4.79 Å². The van der Waals surface area contributed by atoms with E-state index in [1.165, 1.54) is 11.1 Å². The fourth-order valence-electron chi connectivity index (χ4n) is 1.52. The number of fused-ring (bicyclic) bond motifs is 1. The average molecular weight is 281 g/mol. The molecule has 4 heteroatoms. The van der Waals surface area contributed by atoms with E-state index in [1.807, 2.05) is 17.5 Å². The molecule has 1 aromatic rings. The predicted octanol–water partition coefficient (Wildman–Crippen LogP) is 4.56. The second-order valence-electron chi connectivity index (χ2n) is 3.99. The highest BCUT2D eigenvalue weighted by molar-refractivity contribution is 7.10. The Bertz CT molecular complexity index is 484. The van der Waals surface area contributed by atoms with Crippen LogP contribution in [0.3, 0.4) is 0 Å². The first-order valence-corrected chi connectivity index (χ1v) is 6.98. The van der Waals surface area contributed by atoms with Crippen molar-refractivity contribution in [2.24, 2.45) is 0 Å². The van der Waals surface area contributed by atoms with Crippen LogP contribution in [0.2, 0.25) is 0 Å². The van der Waals surface area contributed by atoms with Gasteiger partial charge in [0, 0.05) is 11.3 Å². The van der Waals surface area contributed by atoms with Gasteiger partial charge in [-0.05, 0) is 29.0 Å². The van der Waals surface area contributed by atoms with Crippen LogP contribution in [0, 0.1) is 0 Å². The topological polar surface area (TPSA) is 37.3 Å². The maximum Gasteiger partial charge on any atom is 0.303 e. The highest BCUT2D eigenvalue weighted by atomic mass is 35.5. The van der Waals surface area contributed by atoms with Crippen molar-refractivity contribution in [2.45, 2.75) is 18.2 Å². The van der Waals surface area contributed by atoms with E-state index in [0.29, 0.717) is 6.42 Å². The quantitative estimate of drug-likeness (QED) is 0.711. The molecule has 1 atom stereocenters. The summed E-state index contributed by atoms with van der Waals surface area (Å²) in [5.74, 6) is -0.794. The number of carboxylic acids is 1. The molecule has 0 radical (unpaired) electrons. The molecule has 94 valence electrons. The molecule has 2 aliphatic rings. The molecule has 0 aliphatic heterocycles. The summed E-state index contributed by atoms with van der Waals surface area (Å²) in [5.41, 5.74) is 2.85. The van der Waals surface area contributed by atoms with Gasteiger partial charge in [-0.1, -0.05) is 30.3 Å². The first-order chi connectivity index (χ1) is 8.66. The van der Waals surface area contributed by atoms with Gasteiger partial charge in [0.25, 0.3) is 0 Å². The van der Waals surface area contributed by atoms with Crippen molar-refractivity contribution in [3.8, 4) is 11.1 Å². The van der Waals surface area contributed by atoms with E-state index in [-0.39, 0.29) is 11.8 Å². The second kappa shape index (κ2) is 6.03. The first kappa shape index (κ1) is 13.1. The summed E-state index contributed by atoms with van der Waals surface area (Å²) in [7, 11) is 0. The highest BCUT2D eigenvalue weighted by Gasteiger charge is 2.10. The van der Waals surface area contributed by atoms with Crippen LogP contribution in [0.4, 0.5) is 0 Å². The van der Waals surface area contributed by atoms with Gasteiger partial charge in [-0.25, -0.2) is 0 Å². The number of carbonyl (C=O) groups is 1. The Morgan fingerprint density at radius 1 is 1.22 bits per heavy atom. The van der Waals surface area contributed by atoms with Gasteiger partial charge in [0.2, 0.25) is 0 Å². The van der Waals surface area contributed by atoms with Crippen molar-refractivity contribution in [2.75, 3.05) is 0 Å². The normalized spacial score (nSPS) is 12.3. The monoisotopic (exact) mass is 280 g/mol. The van der Waals surface area contributed by atoms with Crippen LogP contribution in [0.5, 0.6) is 0 Å². The zero-order valence-corrected chi connectivity index (χ0v) is 11.2. The molecule has 0 amide bonds. The number of hydrogen-bond donors (Lipinski definition) is 1. The third kappa shape index (κ3) is 3.34. The van der Waals surface area contributed by atoms with E-state index in [2.05, 4.69) is 24.3 Å². The minimum atomic E-state index is -0.794. The van der Waals surface area contributed by atoms with Crippen LogP contribution in [0.15, 0.2) is 41.8 Å². The summed E-state index contributed by atoms with van der Waals surface area (Å²) in [4.78, 5) is 11.3. The maximum atomic E-state index is 10.2. The Morgan fingerprint density at radius 2 is 1.83 bits per heavy atom. The molecule has 0 spiro atoms. The highest BCUT2D eigenvalue weighted by Crippen LogP contribution is 2.29. The number of carboxylic acid groups (broad SMARTS) is 1. The van der Waals surface area contributed by atoms with Gasteiger partial charge >= 0.3 is 5.97 Å². The lowest BCUT2D eigenvalue weighted by Gasteiger charge is -2.10. The lowest BCUT2D eigenvalue weighted by molar-refractivity contribution is -0.137. The second-order valence-corrected chi connectivity index (χ2v) is 5.50. The third-order valence-electron chi connectivity index (χ3n) is 2.68. The van der Waals surface area contributed by atoms with E-state index in [9.17, 15) is 4.79 Å². The van der Waals surface area contributed by atoms with E-state index < -0.39 is 5.97 Å². The van der Waals surface area contributed by atoms with Gasteiger partial charge in [-0.3, -0.25) is 4.79 Å². The predicted molar refractivity (Wildman–Crippen MR) is 75.2 cm³/mol. The summed E-state index contributed by atoms with van der Waals surface area (Å²) >= 11 is 7.50. The van der Waals surface area contributed by atoms with E-state index in [0.717, 1.165) is 4.88 Å². The Hall–Kier alpha value is -1.32. The van der Waals surface area contributed by atoms with Crippen molar-refractivity contribution in [3.05, 3.63) is 46.7 Å². The smallest absolute Gasteiger partial charge is 0.303 e. The standard InChI is InChI=1S/C8H9ClO2S.C6H4/c9-6(3-4-8(10)11)7-2-1-5-12-7;1-2-6-4-3-5(1)6/h1-2,5-6H,3-4H2,(H,10,11);1-4H. The van der Waals surface area contributed by atoms with E-state index in [1.54, 1.807) is 11.3 Å². The minimum absolute atomic E-state index is 0.131. The van der Waals surface area contributed by atoms with Crippen LogP contribution in [-0.4, -0.2) is 11.1 Å². The molecular formula is C14H13ClO2S. The Labute approximate surface area is 115 Å². The van der Waals surface area contributed by atoms with Gasteiger partial charge in [0.05, 0.1) is 5.38 Å². The molecule has 0 saturated carbocycles. The SMILES string of the molecule is O=C(O)CCC(Cl)c1cccs1.c1cc2ccc1-2. The van der Waals surface area contributed by atoms with Crippen LogP contribution in [0.1, 0.15) is 23.1 Å². The van der Waals surface area contributed by atoms with Crippen molar-refractivity contribution < 1.29 is 9.90 Å². The molecule has 1 unspecified atom stereocenters. The fraction of sp³-hybridized carbons (Fsp3) is 0.214. The number of aliphatic carboxylic acids is 1. The molecule has 18 heavy (non-hydrogen) atoms. The summed E-state index contributed by atoms with van der Waals surface area (Å²) in [5, 5.41) is 10.2. The molecule has 0 saturated heterocycles. The van der Waals surface area contributed by atoms with Crippen molar-refractivity contribution in [1.29, 1.82) is 0 Å². The lowest BCUT2D eigenvalue weighted by atomic mass is 9.95. The molecule has 2 aliphatic carbocycles. The van der Waals surface area contributed by atoms with Crippen LogP contribution < -0.4 is 0 Å². The van der Waals surface area contributed by atoms with Gasteiger partial charge in [0.15, 0.2) is 0 Å². The Balaban J connectivity index is 0.000000164. The number of thiophene rings is 1. The fourth-order valence-corrected chi connectivity index (χ4v) is 2.60. The molecule has 1 heterocycles. The molecular weight excluding hydrogens is 268 g/mol. The number of rotatable bonds is 4. The zero-order chi connectivity index (χ0) is 13.0. The molecule has 0 aromatic carbocycles. The molecule has 1 aromatic heterocycles. The Kier molecular flexibility index (Phi) is 4.39. The molecule has 2 nitrogen and oxygen atoms in total. The summed E-state index contributed by atoms with van der Waals surface area (Å²) < 4.78 is 0. The summed E-state index contributed by atoms with van der Waals surface area (Å²) in [6.07, 6.45) is 0.628. The van der Waals surface area contributed by atoms with Gasteiger partial charge in [-0.15, -0.1) is 22.9 Å². The zero-order valence-electron chi connectivity index (χ0n) is 9.67. The van der Waals surface area contributed by atoms with E-state index >= 15 is 0 Å². The van der Waals surface area contributed by atoms with Crippen molar-refractivity contribution in [3.63, 3.8) is 0 Å². The molecule has 0 bridgehead atoms. The van der Waals surface area contributed by atoms with Gasteiger partial charge in [0.1, 0.15) is 0 Å². The van der Waals surface area contributed by atoms with E-state index in [4.69, 9.17) is 16.7 Å². The van der Waals surface area contributed by atoms with Crippen LogP contribution in [0.25, 0.3) is 11.1 Å². The Morgan fingerprint density at radius 3 is 2.17 bits per heavy atom. The van der Waals surface area contributed by atoms with Gasteiger partial charge in [-0.2, -0.15) is 0 Å². The molecule has 3 rings (SSSR count). The number of alkyl halides is 1. The summed E-state index contributed by atoms with van der Waals surface area (Å²) in [6.45, 7) is 0. The average Bonchev–Trinajstić information content (AvgIpc) is 2.85. The minimum Gasteiger partial charge on any atom is -0.481 e. The number of hydrogen-bond acceptors (Lipinski definition) is 2. The molecule has 1 N–H and O–H groups in total. The third-order valence-corrected chi connectivity index (χ3v) is 4.25.